The number of aromatic hydroxyl groups is 1. The maximum atomic E-state index is 11.8. The average Bonchev–Trinajstić information content (AvgIpc) is 2.87. The van der Waals surface area contributed by atoms with Crippen molar-refractivity contribution in [3.05, 3.63) is 59.2 Å². The van der Waals surface area contributed by atoms with Gasteiger partial charge in [-0.2, -0.15) is 0 Å². The van der Waals surface area contributed by atoms with E-state index in [2.05, 4.69) is 10.0 Å². The lowest BCUT2D eigenvalue weighted by atomic mass is 10.1. The van der Waals surface area contributed by atoms with Crippen LogP contribution in [0.1, 0.15) is 48.5 Å². The van der Waals surface area contributed by atoms with E-state index < -0.39 is 16.1 Å². The van der Waals surface area contributed by atoms with E-state index in [-0.39, 0.29) is 17.3 Å². The van der Waals surface area contributed by atoms with Gasteiger partial charge in [0.15, 0.2) is 0 Å². The van der Waals surface area contributed by atoms with Gasteiger partial charge in [-0.05, 0) is 61.8 Å². The Morgan fingerprint density at radius 2 is 1.74 bits per heavy atom. The maximum absolute atomic E-state index is 11.8. The third-order valence-corrected chi connectivity index (χ3v) is 6.92. The molecule has 0 amide bonds. The van der Waals surface area contributed by atoms with Gasteiger partial charge in [0.25, 0.3) is 0 Å². The predicted octanol–water partition coefficient (Wildman–Crippen LogP) is 2.21. The van der Waals surface area contributed by atoms with Gasteiger partial charge in [0.1, 0.15) is 5.75 Å². The first-order valence-electron chi connectivity index (χ1n) is 11.9. The Bertz CT molecular complexity index is 986. The molecule has 0 unspecified atom stereocenters. The number of sulfonamides is 1. The molecule has 0 bridgehead atoms. The normalized spacial score (nSPS) is 12.7. The van der Waals surface area contributed by atoms with Crippen LogP contribution in [0.15, 0.2) is 47.4 Å². The van der Waals surface area contributed by atoms with Crippen molar-refractivity contribution in [3.8, 4) is 5.75 Å². The number of rotatable bonds is 18. The molecule has 2 rings (SSSR count). The van der Waals surface area contributed by atoms with Crippen LogP contribution in [-0.4, -0.2) is 63.7 Å². The highest BCUT2D eigenvalue weighted by atomic mass is 32.2. The highest BCUT2D eigenvalue weighted by Gasteiger charge is 2.11. The van der Waals surface area contributed by atoms with Crippen LogP contribution in [-0.2, 0) is 32.7 Å². The van der Waals surface area contributed by atoms with Crippen LogP contribution in [0, 0.1) is 0 Å². The molecular weight excluding hydrogens is 472 g/mol. The number of ether oxygens (including phenoxy) is 2. The van der Waals surface area contributed by atoms with Crippen molar-refractivity contribution >= 4 is 10.0 Å². The molecule has 5 N–H and O–H groups in total. The largest absolute Gasteiger partial charge is 0.508 e. The number of benzene rings is 2. The fourth-order valence-corrected chi connectivity index (χ4v) is 4.23. The Hall–Kier alpha value is -2.05. The van der Waals surface area contributed by atoms with Crippen molar-refractivity contribution in [2.24, 2.45) is 0 Å². The number of unbranched alkanes of at least 4 members (excludes halogenated alkanes) is 3. The topological polar surface area (TPSA) is 137 Å². The number of hydrogen-bond acceptors (Lipinski definition) is 8. The van der Waals surface area contributed by atoms with Gasteiger partial charge in [0.2, 0.25) is 10.0 Å². The highest BCUT2D eigenvalue weighted by Crippen LogP contribution is 2.22. The molecule has 1 atom stereocenters. The molecule has 35 heavy (non-hydrogen) atoms. The molecule has 10 heteroatoms. The summed E-state index contributed by atoms with van der Waals surface area (Å²) in [5, 5.41) is 32.3. The van der Waals surface area contributed by atoms with Crippen molar-refractivity contribution in [1.82, 2.24) is 10.0 Å². The SMILES string of the molecule is CNS(=O)(=O)c1cccc(COCCOCCCCCCNC[C@H](O)c2ccc(O)c(CO)c2)c1. The number of nitrogens with one attached hydrogen (secondary N) is 2. The minimum Gasteiger partial charge on any atom is -0.508 e. The first-order chi connectivity index (χ1) is 16.9. The van der Waals surface area contributed by atoms with Crippen LogP contribution in [0.2, 0.25) is 0 Å². The molecule has 0 aliphatic carbocycles. The van der Waals surface area contributed by atoms with Gasteiger partial charge in [-0.3, -0.25) is 0 Å². The summed E-state index contributed by atoms with van der Waals surface area (Å²) in [5.74, 6) is 0.0264. The third-order valence-electron chi connectivity index (χ3n) is 5.51. The van der Waals surface area contributed by atoms with E-state index in [1.807, 2.05) is 6.07 Å². The number of aliphatic hydroxyl groups excluding tert-OH is 2. The Balaban J connectivity index is 1.44. The summed E-state index contributed by atoms with van der Waals surface area (Å²) in [6, 6.07) is 11.4. The second-order valence-corrected chi connectivity index (χ2v) is 10.1. The van der Waals surface area contributed by atoms with Gasteiger partial charge in [0, 0.05) is 18.7 Å². The summed E-state index contributed by atoms with van der Waals surface area (Å²) < 4.78 is 37.1. The molecule has 2 aromatic rings. The molecule has 0 spiro atoms. The minimum atomic E-state index is -3.46. The first kappa shape index (κ1) is 29.2. The molecule has 0 saturated carbocycles. The predicted molar refractivity (Wildman–Crippen MR) is 133 cm³/mol. The lowest BCUT2D eigenvalue weighted by Crippen LogP contribution is -2.22. The number of phenols is 1. The van der Waals surface area contributed by atoms with Crippen LogP contribution in [0.25, 0.3) is 0 Å². The van der Waals surface area contributed by atoms with Crippen LogP contribution < -0.4 is 10.0 Å². The van der Waals surface area contributed by atoms with Crippen molar-refractivity contribution in [2.75, 3.05) is 40.0 Å². The van der Waals surface area contributed by atoms with Crippen molar-refractivity contribution in [3.63, 3.8) is 0 Å². The molecule has 0 radical (unpaired) electrons. The Kier molecular flexibility index (Phi) is 13.2. The highest BCUT2D eigenvalue weighted by molar-refractivity contribution is 7.89. The third kappa shape index (κ3) is 10.6. The van der Waals surface area contributed by atoms with E-state index in [1.54, 1.807) is 30.3 Å². The zero-order valence-corrected chi connectivity index (χ0v) is 21.1. The van der Waals surface area contributed by atoms with Crippen LogP contribution >= 0.6 is 0 Å². The van der Waals surface area contributed by atoms with Crippen LogP contribution in [0.3, 0.4) is 0 Å². The van der Waals surface area contributed by atoms with E-state index in [1.165, 1.54) is 13.1 Å². The summed E-state index contributed by atoms with van der Waals surface area (Å²) in [6.07, 6.45) is 3.37. The average molecular weight is 511 g/mol. The molecule has 2 aromatic carbocycles. The number of aliphatic hydroxyl groups is 2. The van der Waals surface area contributed by atoms with Gasteiger partial charge >= 0.3 is 0 Å². The molecule has 196 valence electrons. The Morgan fingerprint density at radius 3 is 2.51 bits per heavy atom. The van der Waals surface area contributed by atoms with Crippen molar-refractivity contribution in [1.29, 1.82) is 0 Å². The zero-order valence-electron chi connectivity index (χ0n) is 20.3. The molecule has 0 aromatic heterocycles. The summed E-state index contributed by atoms with van der Waals surface area (Å²) in [6.45, 7) is 2.87. The quantitative estimate of drug-likeness (QED) is 0.193. The lowest BCUT2D eigenvalue weighted by Gasteiger charge is -2.14. The van der Waals surface area contributed by atoms with Crippen LogP contribution in [0.4, 0.5) is 0 Å². The van der Waals surface area contributed by atoms with Gasteiger partial charge in [-0.15, -0.1) is 0 Å². The first-order valence-corrected chi connectivity index (χ1v) is 13.3. The van der Waals surface area contributed by atoms with Crippen LogP contribution in [0.5, 0.6) is 5.75 Å². The second kappa shape index (κ2) is 15.8. The minimum absolute atomic E-state index is 0.0264. The molecule has 0 heterocycles. The van der Waals surface area contributed by atoms with Gasteiger partial charge in [-0.1, -0.05) is 31.0 Å². The van der Waals surface area contributed by atoms with E-state index in [9.17, 15) is 23.7 Å². The summed E-state index contributed by atoms with van der Waals surface area (Å²) in [5.41, 5.74) is 1.86. The summed E-state index contributed by atoms with van der Waals surface area (Å²) >= 11 is 0. The molecule has 9 nitrogen and oxygen atoms in total. The fourth-order valence-electron chi connectivity index (χ4n) is 3.43. The Morgan fingerprint density at radius 1 is 0.971 bits per heavy atom. The molecule has 0 aliphatic rings. The maximum Gasteiger partial charge on any atom is 0.240 e. The molecule has 0 aliphatic heterocycles. The summed E-state index contributed by atoms with van der Waals surface area (Å²) in [7, 11) is -2.07. The zero-order chi connectivity index (χ0) is 25.5. The fraction of sp³-hybridized carbons (Fsp3) is 0.520. The molecular formula is C25H38N2O7S. The van der Waals surface area contributed by atoms with Gasteiger partial charge in [0.05, 0.1) is 37.4 Å². The Labute approximate surface area is 208 Å². The smallest absolute Gasteiger partial charge is 0.240 e. The standard InChI is InChI=1S/C25H38N2O7S/c1-26-35(31,32)23-8-6-7-20(15-23)19-34-14-13-33-12-5-3-2-4-11-27-17-25(30)21-9-10-24(29)22(16-21)18-28/h6-10,15-16,25-30H,2-5,11-14,17-19H2,1H3/t25-/m0/s1. The molecule has 0 fully saturated rings. The van der Waals surface area contributed by atoms with Crippen molar-refractivity contribution < 1.29 is 33.2 Å². The van der Waals surface area contributed by atoms with E-state index in [4.69, 9.17) is 9.47 Å². The van der Waals surface area contributed by atoms with Crippen molar-refractivity contribution in [2.45, 2.75) is 49.9 Å². The second-order valence-electron chi connectivity index (χ2n) is 8.20. The molecule has 0 saturated heterocycles. The number of hydrogen-bond donors (Lipinski definition) is 5. The van der Waals surface area contributed by atoms with E-state index in [0.717, 1.165) is 37.8 Å². The summed E-state index contributed by atoms with van der Waals surface area (Å²) in [4.78, 5) is 0.220. The van der Waals surface area contributed by atoms with Gasteiger partial charge < -0.3 is 30.1 Å². The van der Waals surface area contributed by atoms with E-state index in [0.29, 0.717) is 44.1 Å². The monoisotopic (exact) mass is 510 g/mol. The lowest BCUT2D eigenvalue weighted by molar-refractivity contribution is 0.0392. The van der Waals surface area contributed by atoms with Gasteiger partial charge in [-0.25, -0.2) is 13.1 Å². The van der Waals surface area contributed by atoms with E-state index >= 15 is 0 Å².